The molecule has 1 aromatic carbocycles. The van der Waals surface area contributed by atoms with Gasteiger partial charge < -0.3 is 14.6 Å². The van der Waals surface area contributed by atoms with E-state index < -0.39 is 11.4 Å². The number of piperidine rings is 1. The third-order valence-electron chi connectivity index (χ3n) is 5.20. The van der Waals surface area contributed by atoms with Gasteiger partial charge in [0.2, 0.25) is 0 Å². The van der Waals surface area contributed by atoms with E-state index in [-0.39, 0.29) is 16.2 Å². The summed E-state index contributed by atoms with van der Waals surface area (Å²) in [5.74, 6) is 0.908. The fourth-order valence-electron chi connectivity index (χ4n) is 3.82. The van der Waals surface area contributed by atoms with Crippen molar-refractivity contribution in [3.8, 4) is 5.75 Å². The van der Waals surface area contributed by atoms with Crippen molar-refractivity contribution in [2.24, 2.45) is 5.41 Å². The van der Waals surface area contributed by atoms with Gasteiger partial charge in [-0.25, -0.2) is 0 Å². The lowest BCUT2D eigenvalue weighted by Crippen LogP contribution is -2.48. The second-order valence-corrected chi connectivity index (χ2v) is 9.78. The van der Waals surface area contributed by atoms with Crippen LogP contribution in [-0.2, 0) is 17.8 Å². The molecule has 0 radical (unpaired) electrons. The number of fused-ring (bicyclic) bond motifs is 1. The van der Waals surface area contributed by atoms with E-state index in [1.54, 1.807) is 7.11 Å². The quantitative estimate of drug-likeness (QED) is 0.834. The van der Waals surface area contributed by atoms with Crippen LogP contribution in [0.4, 0.5) is 0 Å². The van der Waals surface area contributed by atoms with Gasteiger partial charge in [-0.15, -0.1) is 4.72 Å². The summed E-state index contributed by atoms with van der Waals surface area (Å²) in [6, 6.07) is 6.49. The van der Waals surface area contributed by atoms with E-state index in [0.717, 1.165) is 38.1 Å². The smallest absolute Gasteiger partial charge is 0.136 e. The van der Waals surface area contributed by atoms with Gasteiger partial charge in [0, 0.05) is 16.8 Å². The largest absolute Gasteiger partial charge is 0.598 e. The molecule has 1 saturated heterocycles. The minimum atomic E-state index is -1.07. The Hall–Kier alpha value is -0.750. The van der Waals surface area contributed by atoms with Crippen molar-refractivity contribution in [2.45, 2.75) is 50.8 Å². The average molecular weight is 337 g/mol. The highest BCUT2D eigenvalue weighted by Crippen LogP contribution is 2.52. The summed E-state index contributed by atoms with van der Waals surface area (Å²) >= 11 is -1.07. The molecule has 0 saturated carbocycles. The molecule has 5 heteroatoms. The normalized spacial score (nSPS) is 24.5. The molecule has 23 heavy (non-hydrogen) atoms. The lowest BCUT2D eigenvalue weighted by atomic mass is 9.73. The Morgan fingerprint density at radius 1 is 1.30 bits per heavy atom. The maximum absolute atomic E-state index is 12.7. The first-order chi connectivity index (χ1) is 10.9. The lowest BCUT2D eigenvalue weighted by molar-refractivity contribution is 0.163. The number of hydrogen-bond acceptors (Lipinski definition) is 4. The highest BCUT2D eigenvalue weighted by Gasteiger charge is 2.49. The maximum Gasteiger partial charge on any atom is 0.136 e. The molecular weight excluding hydrogens is 308 g/mol. The van der Waals surface area contributed by atoms with Crippen LogP contribution in [0.1, 0.15) is 50.8 Å². The van der Waals surface area contributed by atoms with E-state index in [4.69, 9.17) is 4.74 Å². The Balaban J connectivity index is 1.94. The van der Waals surface area contributed by atoms with Gasteiger partial charge in [-0.2, -0.15) is 0 Å². The van der Waals surface area contributed by atoms with Crippen LogP contribution in [0.5, 0.6) is 5.75 Å². The Morgan fingerprint density at radius 2 is 2.00 bits per heavy atom. The summed E-state index contributed by atoms with van der Waals surface area (Å²) in [4.78, 5) is 0. The summed E-state index contributed by atoms with van der Waals surface area (Å²) in [5.41, 5.74) is 2.81. The molecule has 1 spiro atoms. The van der Waals surface area contributed by atoms with E-state index in [9.17, 15) is 4.55 Å². The molecule has 2 aliphatic rings. The number of benzene rings is 1. The van der Waals surface area contributed by atoms with Gasteiger partial charge in [-0.1, -0.05) is 6.07 Å². The molecule has 1 heterocycles. The monoisotopic (exact) mass is 336 g/mol. The predicted molar refractivity (Wildman–Crippen MR) is 95.0 cm³/mol. The average Bonchev–Trinajstić information content (AvgIpc) is 2.79. The maximum atomic E-state index is 12.7. The zero-order valence-electron chi connectivity index (χ0n) is 14.6. The van der Waals surface area contributed by atoms with Crippen molar-refractivity contribution in [3.63, 3.8) is 0 Å². The number of nitrogens with one attached hydrogen (secondary N) is 2. The Morgan fingerprint density at radius 3 is 2.61 bits per heavy atom. The molecule has 2 N–H and O–H groups in total. The van der Waals surface area contributed by atoms with Gasteiger partial charge in [-0.05, 0) is 76.4 Å². The Kier molecular flexibility index (Phi) is 4.67. The van der Waals surface area contributed by atoms with Crippen molar-refractivity contribution < 1.29 is 9.29 Å². The first-order valence-corrected chi connectivity index (χ1v) is 9.56. The van der Waals surface area contributed by atoms with Crippen LogP contribution < -0.4 is 14.8 Å². The van der Waals surface area contributed by atoms with Gasteiger partial charge in [0.25, 0.3) is 0 Å². The second-order valence-electron chi connectivity index (χ2n) is 7.79. The van der Waals surface area contributed by atoms with Crippen LogP contribution in [0.25, 0.3) is 0 Å². The van der Waals surface area contributed by atoms with Crippen LogP contribution in [-0.4, -0.2) is 29.5 Å². The van der Waals surface area contributed by atoms with Crippen LogP contribution in [0.2, 0.25) is 0 Å². The first-order valence-electron chi connectivity index (χ1n) is 8.41. The second kappa shape index (κ2) is 6.28. The number of methoxy groups -OCH3 is 1. The molecule has 0 amide bonds. The summed E-state index contributed by atoms with van der Waals surface area (Å²) in [7, 11) is 1.71. The van der Waals surface area contributed by atoms with Gasteiger partial charge >= 0.3 is 0 Å². The predicted octanol–water partition coefficient (Wildman–Crippen LogP) is 2.71. The van der Waals surface area contributed by atoms with E-state index >= 15 is 0 Å². The first kappa shape index (κ1) is 17.1. The molecule has 1 unspecified atom stereocenters. The SMILES string of the molecule is COc1ccc2c(c1)CC1(CCNCC1)[C@@H]2N[S+]([O-])C(C)(C)C. The molecule has 1 fully saturated rings. The summed E-state index contributed by atoms with van der Waals surface area (Å²) in [6.07, 6.45) is 3.27. The van der Waals surface area contributed by atoms with Gasteiger partial charge in [0.15, 0.2) is 0 Å². The van der Waals surface area contributed by atoms with Crippen molar-refractivity contribution in [1.82, 2.24) is 10.0 Å². The van der Waals surface area contributed by atoms with Gasteiger partial charge in [0.1, 0.15) is 10.5 Å². The number of hydrogen-bond donors (Lipinski definition) is 2. The van der Waals surface area contributed by atoms with Crippen molar-refractivity contribution in [1.29, 1.82) is 0 Å². The molecule has 4 nitrogen and oxygen atoms in total. The topological polar surface area (TPSA) is 56.3 Å². The third-order valence-corrected chi connectivity index (χ3v) is 6.76. The van der Waals surface area contributed by atoms with E-state index in [2.05, 4.69) is 22.2 Å². The molecule has 3 rings (SSSR count). The highest BCUT2D eigenvalue weighted by atomic mass is 32.2. The number of ether oxygens (including phenoxy) is 1. The van der Waals surface area contributed by atoms with Gasteiger partial charge in [0.05, 0.1) is 13.2 Å². The zero-order valence-corrected chi connectivity index (χ0v) is 15.4. The molecule has 0 aromatic heterocycles. The van der Waals surface area contributed by atoms with Crippen LogP contribution in [0.3, 0.4) is 0 Å². The fourth-order valence-corrected chi connectivity index (χ4v) is 4.76. The Labute approximate surface area is 142 Å². The fraction of sp³-hybridized carbons (Fsp3) is 0.667. The third kappa shape index (κ3) is 3.25. The minimum absolute atomic E-state index is 0.158. The molecule has 2 atom stereocenters. The summed E-state index contributed by atoms with van der Waals surface area (Å²) in [5, 5.41) is 3.46. The molecule has 1 aliphatic heterocycles. The summed E-state index contributed by atoms with van der Waals surface area (Å²) in [6.45, 7) is 8.14. The van der Waals surface area contributed by atoms with Crippen molar-refractivity contribution >= 4 is 11.4 Å². The standard InChI is InChI=1S/C18H28N2O2S/c1-17(2,3)23(21)20-16-15-6-5-14(22-4)11-13(15)12-18(16)7-9-19-10-8-18/h5-6,11,16,19-20H,7-10,12H2,1-4H3/t16-,23?/m1/s1. The van der Waals surface area contributed by atoms with Crippen LogP contribution in [0.15, 0.2) is 18.2 Å². The van der Waals surface area contributed by atoms with E-state index in [1.165, 1.54) is 11.1 Å². The van der Waals surface area contributed by atoms with E-state index in [1.807, 2.05) is 26.8 Å². The van der Waals surface area contributed by atoms with Crippen molar-refractivity contribution in [2.75, 3.05) is 20.2 Å². The van der Waals surface area contributed by atoms with Crippen LogP contribution >= 0.6 is 0 Å². The minimum Gasteiger partial charge on any atom is -0.598 e. The molecular formula is C18H28N2O2S. The summed E-state index contributed by atoms with van der Waals surface area (Å²) < 4.78 is 21.3. The molecule has 1 aromatic rings. The lowest BCUT2D eigenvalue weighted by Gasteiger charge is -2.40. The van der Waals surface area contributed by atoms with Crippen molar-refractivity contribution in [3.05, 3.63) is 29.3 Å². The van der Waals surface area contributed by atoms with Crippen LogP contribution in [0, 0.1) is 5.41 Å². The zero-order chi connectivity index (χ0) is 16.7. The number of rotatable bonds is 3. The molecule has 0 bridgehead atoms. The molecule has 1 aliphatic carbocycles. The van der Waals surface area contributed by atoms with E-state index in [0.29, 0.717) is 0 Å². The molecule has 128 valence electrons. The highest BCUT2D eigenvalue weighted by molar-refractivity contribution is 7.90. The van der Waals surface area contributed by atoms with Gasteiger partial charge in [-0.3, -0.25) is 0 Å². The Bertz CT molecular complexity index is 565.